The van der Waals surface area contributed by atoms with Crippen LogP contribution in [-0.2, 0) is 4.79 Å². The lowest BCUT2D eigenvalue weighted by Gasteiger charge is -1.87. The molecule has 0 heterocycles. The van der Waals surface area contributed by atoms with Gasteiger partial charge in [-0.2, -0.15) is 0 Å². The van der Waals surface area contributed by atoms with E-state index in [0.717, 1.165) is 5.54 Å². The summed E-state index contributed by atoms with van der Waals surface area (Å²) in [6.45, 7) is 2.79. The highest BCUT2D eigenvalue weighted by molar-refractivity contribution is 5.84. The van der Waals surface area contributed by atoms with E-state index in [1.165, 1.54) is 0 Å². The number of rotatable bonds is 2. The molecule has 0 atom stereocenters. The van der Waals surface area contributed by atoms with E-state index >= 15 is 0 Å². The van der Waals surface area contributed by atoms with Gasteiger partial charge in [0, 0.05) is 0 Å². The number of hydrogen-bond donors (Lipinski definition) is 2. The Morgan fingerprint density at radius 1 is 1.86 bits per heavy atom. The summed E-state index contributed by atoms with van der Waals surface area (Å²) in [6.07, 6.45) is 0. The summed E-state index contributed by atoms with van der Waals surface area (Å²) in [5.74, 6) is -1.39. The first-order chi connectivity index (χ1) is 3.18. The van der Waals surface area contributed by atoms with Gasteiger partial charge in [0.15, 0.2) is 0 Å². The third-order valence-electron chi connectivity index (χ3n) is 0.372. The molecule has 3 nitrogen and oxygen atoms in total. The van der Waals surface area contributed by atoms with E-state index < -0.39 is 11.7 Å². The molecule has 4 heteroatoms. The molecule has 0 aliphatic rings. The lowest BCUT2D eigenvalue weighted by molar-refractivity contribution is -0.133. The number of carbonyl (C=O) groups is 1. The van der Waals surface area contributed by atoms with Gasteiger partial charge in [-0.05, 0) is 0 Å². The lowest BCUT2D eigenvalue weighted by atomic mass is 10.5. The van der Waals surface area contributed by atoms with Crippen molar-refractivity contribution in [2.24, 2.45) is 0 Å². The predicted molar refractivity (Wildman–Crippen MR) is 21.0 cm³/mol. The van der Waals surface area contributed by atoms with Gasteiger partial charge < -0.3 is 5.11 Å². The zero-order valence-corrected chi connectivity index (χ0v) is 3.44. The largest absolute Gasteiger partial charge is 0.477 e. The average molecular weight is 105 g/mol. The SMILES string of the molecule is C=C(NF)C(=O)O. The highest BCUT2D eigenvalue weighted by atomic mass is 19.2. The van der Waals surface area contributed by atoms with Gasteiger partial charge in [0.25, 0.3) is 0 Å². The molecule has 0 aliphatic heterocycles. The fraction of sp³-hybridized carbons (Fsp3) is 0. The summed E-state index contributed by atoms with van der Waals surface area (Å²) in [4.78, 5) is 9.53. The number of carboxylic acids is 1. The van der Waals surface area contributed by atoms with Crippen LogP contribution in [0.2, 0.25) is 0 Å². The van der Waals surface area contributed by atoms with Crippen molar-refractivity contribution in [3.63, 3.8) is 0 Å². The monoisotopic (exact) mass is 105 g/mol. The molecule has 0 bridgehead atoms. The molecule has 0 fully saturated rings. The van der Waals surface area contributed by atoms with E-state index in [4.69, 9.17) is 5.11 Å². The smallest absolute Gasteiger partial charge is 0.353 e. The fourth-order valence-electron chi connectivity index (χ4n) is 0.0404. The van der Waals surface area contributed by atoms with Gasteiger partial charge >= 0.3 is 5.97 Å². The second kappa shape index (κ2) is 2.17. The van der Waals surface area contributed by atoms with Crippen molar-refractivity contribution in [2.75, 3.05) is 0 Å². The molecule has 2 N–H and O–H groups in total. The second-order valence-electron chi connectivity index (χ2n) is 0.878. The fourth-order valence-corrected chi connectivity index (χ4v) is 0.0404. The highest BCUT2D eigenvalue weighted by Gasteiger charge is 1.98. The molecule has 40 valence electrons. The van der Waals surface area contributed by atoms with Gasteiger partial charge in [0.2, 0.25) is 0 Å². The van der Waals surface area contributed by atoms with Crippen LogP contribution in [0.1, 0.15) is 0 Å². The molecule has 0 spiro atoms. The number of carboxylic acid groups (broad SMARTS) is 1. The summed E-state index contributed by atoms with van der Waals surface area (Å²) < 4.78 is 10.9. The third kappa shape index (κ3) is 1.75. The Labute approximate surface area is 39.4 Å². The maximum Gasteiger partial charge on any atom is 0.353 e. The van der Waals surface area contributed by atoms with E-state index in [0.29, 0.717) is 0 Å². The molecular weight excluding hydrogens is 101 g/mol. The zero-order chi connectivity index (χ0) is 5.86. The molecule has 0 aromatic rings. The Morgan fingerprint density at radius 3 is 2.29 bits per heavy atom. The van der Waals surface area contributed by atoms with E-state index in [1.807, 2.05) is 0 Å². The summed E-state index contributed by atoms with van der Waals surface area (Å²) in [5, 5.41) is 7.78. The molecule has 0 amide bonds. The van der Waals surface area contributed by atoms with Crippen LogP contribution in [0.25, 0.3) is 0 Å². The Bertz CT molecular complexity index is 101. The first-order valence-corrected chi connectivity index (χ1v) is 1.47. The number of aliphatic carboxylic acids is 1. The van der Waals surface area contributed by atoms with Crippen LogP contribution in [0.15, 0.2) is 12.3 Å². The van der Waals surface area contributed by atoms with Crippen LogP contribution in [-0.4, -0.2) is 11.1 Å². The van der Waals surface area contributed by atoms with E-state index in [2.05, 4.69) is 6.58 Å². The molecule has 0 radical (unpaired) electrons. The maximum atomic E-state index is 10.9. The molecule has 0 unspecified atom stereocenters. The predicted octanol–water partition coefficient (Wildman–Crippen LogP) is 0.0588. The Morgan fingerprint density at radius 2 is 2.29 bits per heavy atom. The summed E-state index contributed by atoms with van der Waals surface area (Å²) >= 11 is 0. The minimum Gasteiger partial charge on any atom is -0.477 e. The van der Waals surface area contributed by atoms with Crippen LogP contribution in [0.3, 0.4) is 0 Å². The van der Waals surface area contributed by atoms with E-state index in [9.17, 15) is 9.28 Å². The van der Waals surface area contributed by atoms with Crippen LogP contribution >= 0.6 is 0 Å². The van der Waals surface area contributed by atoms with Crippen molar-refractivity contribution < 1.29 is 14.4 Å². The van der Waals surface area contributed by atoms with Crippen molar-refractivity contribution in [1.82, 2.24) is 5.54 Å². The van der Waals surface area contributed by atoms with Crippen molar-refractivity contribution >= 4 is 5.97 Å². The van der Waals surface area contributed by atoms with Gasteiger partial charge in [-0.3, -0.25) is 0 Å². The van der Waals surface area contributed by atoms with Crippen LogP contribution in [0, 0.1) is 0 Å². The van der Waals surface area contributed by atoms with Gasteiger partial charge in [-0.25, -0.2) is 10.3 Å². The Hall–Kier alpha value is -1.06. The maximum absolute atomic E-state index is 10.9. The van der Waals surface area contributed by atoms with Gasteiger partial charge in [0.05, 0.1) is 0 Å². The molecular formula is C3H4FNO2. The van der Waals surface area contributed by atoms with Gasteiger partial charge in [-0.15, -0.1) is 4.48 Å². The molecule has 0 rings (SSSR count). The molecule has 0 saturated carbocycles. The highest BCUT2D eigenvalue weighted by Crippen LogP contribution is 1.79. The summed E-state index contributed by atoms with van der Waals surface area (Å²) in [6, 6.07) is 0. The van der Waals surface area contributed by atoms with Crippen LogP contribution in [0.4, 0.5) is 4.48 Å². The van der Waals surface area contributed by atoms with E-state index in [1.54, 1.807) is 0 Å². The number of halogens is 1. The molecule has 0 aliphatic carbocycles. The minimum atomic E-state index is -1.39. The molecule has 0 saturated heterocycles. The standard InChI is InChI=1S/C3H4FNO2/c1-2(5-4)3(6)7/h5H,1H2,(H,6,7). The van der Waals surface area contributed by atoms with Crippen molar-refractivity contribution in [2.45, 2.75) is 0 Å². The lowest BCUT2D eigenvalue weighted by Crippen LogP contribution is -2.09. The molecule has 7 heavy (non-hydrogen) atoms. The van der Waals surface area contributed by atoms with Gasteiger partial charge in [0.1, 0.15) is 5.70 Å². The minimum absolute atomic E-state index is 0.653. The quantitative estimate of drug-likeness (QED) is 0.385. The van der Waals surface area contributed by atoms with Gasteiger partial charge in [-0.1, -0.05) is 6.58 Å². The third-order valence-corrected chi connectivity index (χ3v) is 0.372. The zero-order valence-electron chi connectivity index (χ0n) is 3.44. The number of nitrogens with one attached hydrogen (secondary N) is 1. The molecule has 0 aromatic heterocycles. The van der Waals surface area contributed by atoms with Crippen LogP contribution < -0.4 is 5.54 Å². The summed E-state index contributed by atoms with van der Waals surface area (Å²) in [7, 11) is 0. The molecule has 0 aromatic carbocycles. The summed E-state index contributed by atoms with van der Waals surface area (Å²) in [5.41, 5.74) is 0.218. The van der Waals surface area contributed by atoms with Crippen molar-refractivity contribution in [3.8, 4) is 0 Å². The van der Waals surface area contributed by atoms with Crippen molar-refractivity contribution in [1.29, 1.82) is 0 Å². The number of hydrogen-bond acceptors (Lipinski definition) is 2. The Balaban J connectivity index is 3.58. The first-order valence-electron chi connectivity index (χ1n) is 1.47. The normalized spacial score (nSPS) is 7.57. The van der Waals surface area contributed by atoms with Crippen molar-refractivity contribution in [3.05, 3.63) is 12.3 Å². The van der Waals surface area contributed by atoms with E-state index in [-0.39, 0.29) is 0 Å². The Kier molecular flexibility index (Phi) is 1.84. The first kappa shape index (κ1) is 5.94. The second-order valence-corrected chi connectivity index (χ2v) is 0.878. The topological polar surface area (TPSA) is 49.3 Å². The van der Waals surface area contributed by atoms with Crippen LogP contribution in [0.5, 0.6) is 0 Å². The average Bonchev–Trinajstić information content (AvgIpc) is 1.65.